The Balaban J connectivity index is 2.67. The van der Waals surface area contributed by atoms with E-state index in [0.29, 0.717) is 6.42 Å². The SMILES string of the molecule is CC1CCC(C(F)(F)F)=N1. The smallest absolute Gasteiger partial charge is 0.282 e. The second-order valence-corrected chi connectivity index (χ2v) is 2.46. The minimum Gasteiger partial charge on any atom is -0.282 e. The topological polar surface area (TPSA) is 12.4 Å². The molecule has 0 saturated carbocycles. The number of nitrogens with zero attached hydrogens (tertiary/aromatic N) is 1. The molecule has 1 aliphatic rings. The first-order chi connectivity index (χ1) is 4.50. The van der Waals surface area contributed by atoms with Crippen molar-refractivity contribution in [2.75, 3.05) is 0 Å². The molecule has 1 unspecified atom stereocenters. The monoisotopic (exact) mass is 151 g/mol. The van der Waals surface area contributed by atoms with Gasteiger partial charge in [-0.2, -0.15) is 13.2 Å². The van der Waals surface area contributed by atoms with Crippen LogP contribution in [-0.2, 0) is 0 Å². The molecule has 1 rings (SSSR count). The molecule has 0 N–H and O–H groups in total. The lowest BCUT2D eigenvalue weighted by Crippen LogP contribution is -2.20. The summed E-state index contributed by atoms with van der Waals surface area (Å²) in [6.07, 6.45) is -3.57. The zero-order valence-corrected chi connectivity index (χ0v) is 5.57. The number of alkyl halides is 3. The van der Waals surface area contributed by atoms with E-state index in [0.717, 1.165) is 0 Å². The van der Waals surface area contributed by atoms with Gasteiger partial charge in [-0.15, -0.1) is 0 Å². The van der Waals surface area contributed by atoms with Gasteiger partial charge in [0.1, 0.15) is 5.71 Å². The quantitative estimate of drug-likeness (QED) is 0.503. The first-order valence-electron chi connectivity index (χ1n) is 3.14. The molecule has 0 aromatic carbocycles. The molecule has 1 nitrogen and oxygen atoms in total. The molecule has 1 aliphatic heterocycles. The van der Waals surface area contributed by atoms with E-state index in [4.69, 9.17) is 0 Å². The van der Waals surface area contributed by atoms with Gasteiger partial charge in [0.25, 0.3) is 0 Å². The van der Waals surface area contributed by atoms with Gasteiger partial charge in [0.15, 0.2) is 0 Å². The molecule has 4 heteroatoms. The standard InChI is InChI=1S/C6H8F3N/c1-4-2-3-5(10-4)6(7,8)9/h4H,2-3H2,1H3. The van der Waals surface area contributed by atoms with Crippen LogP contribution in [0.2, 0.25) is 0 Å². The summed E-state index contributed by atoms with van der Waals surface area (Å²) >= 11 is 0. The van der Waals surface area contributed by atoms with Gasteiger partial charge in [0, 0.05) is 6.04 Å². The van der Waals surface area contributed by atoms with Crippen molar-refractivity contribution in [3.63, 3.8) is 0 Å². The van der Waals surface area contributed by atoms with Gasteiger partial charge in [-0.25, -0.2) is 0 Å². The van der Waals surface area contributed by atoms with Crippen LogP contribution in [0.4, 0.5) is 13.2 Å². The Hall–Kier alpha value is -0.540. The number of hydrogen-bond donors (Lipinski definition) is 0. The van der Waals surface area contributed by atoms with E-state index in [1.165, 1.54) is 0 Å². The van der Waals surface area contributed by atoms with Crippen LogP contribution in [-0.4, -0.2) is 17.9 Å². The van der Waals surface area contributed by atoms with Crippen LogP contribution in [0.5, 0.6) is 0 Å². The molecule has 0 radical (unpaired) electrons. The summed E-state index contributed by atoms with van der Waals surface area (Å²) in [6, 6.07) is -0.142. The highest BCUT2D eigenvalue weighted by Gasteiger charge is 2.37. The van der Waals surface area contributed by atoms with E-state index in [1.807, 2.05) is 0 Å². The van der Waals surface area contributed by atoms with Crippen molar-refractivity contribution in [3.8, 4) is 0 Å². The first kappa shape index (κ1) is 7.57. The highest BCUT2D eigenvalue weighted by Crippen LogP contribution is 2.26. The second kappa shape index (κ2) is 2.25. The fourth-order valence-corrected chi connectivity index (χ4v) is 0.956. The Morgan fingerprint density at radius 3 is 2.30 bits per heavy atom. The Kier molecular flexibility index (Phi) is 1.70. The third-order valence-corrected chi connectivity index (χ3v) is 1.50. The first-order valence-corrected chi connectivity index (χ1v) is 3.14. The lowest BCUT2D eigenvalue weighted by molar-refractivity contribution is -0.0599. The summed E-state index contributed by atoms with van der Waals surface area (Å²) in [5.74, 6) is 0. The summed E-state index contributed by atoms with van der Waals surface area (Å²) < 4.78 is 35.4. The minimum absolute atomic E-state index is 0.0880. The van der Waals surface area contributed by atoms with Gasteiger partial charge in [-0.3, -0.25) is 4.99 Å². The maximum Gasteiger partial charge on any atom is 0.429 e. The molecule has 0 spiro atoms. The number of rotatable bonds is 0. The van der Waals surface area contributed by atoms with E-state index in [1.54, 1.807) is 6.92 Å². The average molecular weight is 151 g/mol. The number of aliphatic imine (C=N–C) groups is 1. The summed E-state index contributed by atoms with van der Waals surface area (Å²) in [5, 5.41) is 0. The van der Waals surface area contributed by atoms with Gasteiger partial charge in [0.05, 0.1) is 0 Å². The summed E-state index contributed by atoms with van der Waals surface area (Å²) in [5.41, 5.74) is -0.597. The van der Waals surface area contributed by atoms with Crippen molar-refractivity contribution in [1.29, 1.82) is 0 Å². The lowest BCUT2D eigenvalue weighted by Gasteiger charge is -2.03. The molecular formula is C6H8F3N. The summed E-state index contributed by atoms with van der Waals surface area (Å²) in [4.78, 5) is 3.45. The van der Waals surface area contributed by atoms with Crippen LogP contribution in [0.1, 0.15) is 19.8 Å². The van der Waals surface area contributed by atoms with E-state index >= 15 is 0 Å². The van der Waals surface area contributed by atoms with Crippen molar-refractivity contribution in [2.45, 2.75) is 32.0 Å². The van der Waals surface area contributed by atoms with Gasteiger partial charge in [-0.05, 0) is 19.8 Å². The predicted molar refractivity (Wildman–Crippen MR) is 32.2 cm³/mol. The third kappa shape index (κ3) is 1.49. The lowest BCUT2D eigenvalue weighted by atomic mass is 10.2. The largest absolute Gasteiger partial charge is 0.429 e. The van der Waals surface area contributed by atoms with Crippen molar-refractivity contribution in [3.05, 3.63) is 0 Å². The van der Waals surface area contributed by atoms with Gasteiger partial charge >= 0.3 is 6.18 Å². The predicted octanol–water partition coefficient (Wildman–Crippen LogP) is 2.17. The van der Waals surface area contributed by atoms with E-state index < -0.39 is 11.9 Å². The van der Waals surface area contributed by atoms with Crippen molar-refractivity contribution in [1.82, 2.24) is 0 Å². The normalized spacial score (nSPS) is 26.8. The van der Waals surface area contributed by atoms with Gasteiger partial charge in [0.2, 0.25) is 0 Å². The minimum atomic E-state index is -4.19. The van der Waals surface area contributed by atoms with Crippen LogP contribution >= 0.6 is 0 Å². The highest BCUT2D eigenvalue weighted by molar-refractivity contribution is 5.91. The zero-order chi connectivity index (χ0) is 7.78. The molecule has 0 saturated heterocycles. The molecule has 1 atom stereocenters. The Morgan fingerprint density at radius 1 is 1.50 bits per heavy atom. The molecule has 0 bridgehead atoms. The van der Waals surface area contributed by atoms with E-state index in [-0.39, 0.29) is 12.5 Å². The molecule has 0 amide bonds. The molecule has 0 fully saturated rings. The van der Waals surface area contributed by atoms with Crippen LogP contribution in [0.25, 0.3) is 0 Å². The second-order valence-electron chi connectivity index (χ2n) is 2.46. The van der Waals surface area contributed by atoms with E-state index in [2.05, 4.69) is 4.99 Å². The van der Waals surface area contributed by atoms with Crippen LogP contribution in [0.15, 0.2) is 4.99 Å². The fourth-order valence-electron chi connectivity index (χ4n) is 0.956. The maximum atomic E-state index is 11.8. The number of hydrogen-bond acceptors (Lipinski definition) is 1. The molecule has 0 aliphatic carbocycles. The van der Waals surface area contributed by atoms with Gasteiger partial charge in [-0.1, -0.05) is 0 Å². The third-order valence-electron chi connectivity index (χ3n) is 1.50. The van der Waals surface area contributed by atoms with Gasteiger partial charge < -0.3 is 0 Å². The summed E-state index contributed by atoms with van der Waals surface area (Å²) in [7, 11) is 0. The van der Waals surface area contributed by atoms with Crippen LogP contribution in [0, 0.1) is 0 Å². The van der Waals surface area contributed by atoms with Crippen LogP contribution < -0.4 is 0 Å². The van der Waals surface area contributed by atoms with E-state index in [9.17, 15) is 13.2 Å². The maximum absolute atomic E-state index is 11.8. The average Bonchev–Trinajstić information content (AvgIpc) is 2.11. The Bertz CT molecular complexity index is 159. The molecule has 0 aromatic heterocycles. The molecular weight excluding hydrogens is 143 g/mol. The summed E-state index contributed by atoms with van der Waals surface area (Å²) in [6.45, 7) is 1.69. The highest BCUT2D eigenvalue weighted by atomic mass is 19.4. The zero-order valence-electron chi connectivity index (χ0n) is 5.57. The molecule has 58 valence electrons. The number of halogens is 3. The Labute approximate surface area is 57.0 Å². The Morgan fingerprint density at radius 2 is 2.10 bits per heavy atom. The van der Waals surface area contributed by atoms with Crippen molar-refractivity contribution < 1.29 is 13.2 Å². The molecule has 10 heavy (non-hydrogen) atoms. The fraction of sp³-hybridized carbons (Fsp3) is 0.833. The molecule has 0 aromatic rings. The van der Waals surface area contributed by atoms with Crippen LogP contribution in [0.3, 0.4) is 0 Å². The molecule has 1 heterocycles. The van der Waals surface area contributed by atoms with Crippen molar-refractivity contribution in [2.24, 2.45) is 4.99 Å². The van der Waals surface area contributed by atoms with Crippen molar-refractivity contribution >= 4 is 5.71 Å².